The van der Waals surface area contributed by atoms with Crippen molar-refractivity contribution in [2.75, 3.05) is 7.11 Å². The molecule has 186 valence electrons. The van der Waals surface area contributed by atoms with E-state index in [1.54, 1.807) is 63.0 Å². The van der Waals surface area contributed by atoms with Crippen LogP contribution in [0.15, 0.2) is 53.6 Å². The van der Waals surface area contributed by atoms with Crippen LogP contribution in [0.1, 0.15) is 42.2 Å². The normalized spacial score (nSPS) is 11.4. The molecule has 0 bridgehead atoms. The number of hydrogen-bond donors (Lipinski definition) is 1. The van der Waals surface area contributed by atoms with E-state index in [1.807, 2.05) is 32.0 Å². The van der Waals surface area contributed by atoms with Crippen molar-refractivity contribution in [1.29, 1.82) is 0 Å². The quantitative estimate of drug-likeness (QED) is 0.419. The zero-order valence-corrected chi connectivity index (χ0v) is 21.2. The molecule has 0 aromatic carbocycles. The third-order valence-electron chi connectivity index (χ3n) is 5.72. The summed E-state index contributed by atoms with van der Waals surface area (Å²) in [6, 6.07) is 10.8. The van der Waals surface area contributed by atoms with Crippen LogP contribution < -0.4 is 15.0 Å². The Hall–Kier alpha value is -4.11. The minimum Gasteiger partial charge on any atom is -0.487 e. The first-order valence-electron chi connectivity index (χ1n) is 11.5. The molecular weight excluding hydrogens is 458 g/mol. The van der Waals surface area contributed by atoms with Gasteiger partial charge in [0.1, 0.15) is 18.0 Å². The zero-order valence-electron chi connectivity index (χ0n) is 21.2. The Morgan fingerprint density at radius 3 is 2.56 bits per heavy atom. The van der Waals surface area contributed by atoms with Crippen LogP contribution in [0.5, 0.6) is 11.6 Å². The van der Waals surface area contributed by atoms with E-state index in [4.69, 9.17) is 9.47 Å². The van der Waals surface area contributed by atoms with Gasteiger partial charge in [-0.15, -0.1) is 0 Å². The first kappa shape index (κ1) is 25.0. The monoisotopic (exact) mass is 487 g/mol. The van der Waals surface area contributed by atoms with E-state index in [1.165, 1.54) is 0 Å². The molecule has 4 aromatic heterocycles. The Morgan fingerprint density at radius 1 is 1.06 bits per heavy atom. The minimum atomic E-state index is -1.19. The van der Waals surface area contributed by atoms with E-state index in [9.17, 15) is 9.90 Å². The zero-order chi connectivity index (χ0) is 26.0. The summed E-state index contributed by atoms with van der Waals surface area (Å²) in [4.78, 5) is 31.0. The number of aromatic nitrogens is 5. The first-order chi connectivity index (χ1) is 17.1. The van der Waals surface area contributed by atoms with Crippen molar-refractivity contribution >= 4 is 0 Å². The molecule has 0 radical (unpaired) electrons. The SMILES string of the molecule is COc1cccc(COc2cc(C)n(-c3ccnc(-c4nc(C(C)(C)O)ncc4C)c3)c(=O)c2C)n1. The molecule has 36 heavy (non-hydrogen) atoms. The predicted molar refractivity (Wildman–Crippen MR) is 135 cm³/mol. The van der Waals surface area contributed by atoms with Crippen LogP contribution in [0.2, 0.25) is 0 Å². The van der Waals surface area contributed by atoms with Crippen molar-refractivity contribution in [1.82, 2.24) is 24.5 Å². The van der Waals surface area contributed by atoms with Gasteiger partial charge in [0, 0.05) is 30.2 Å². The van der Waals surface area contributed by atoms with Crippen molar-refractivity contribution in [3.8, 4) is 28.7 Å². The number of aryl methyl sites for hydroxylation is 2. The van der Waals surface area contributed by atoms with Crippen LogP contribution in [0.4, 0.5) is 0 Å². The van der Waals surface area contributed by atoms with Gasteiger partial charge < -0.3 is 14.6 Å². The topological polar surface area (TPSA) is 112 Å². The second-order valence-electron chi connectivity index (χ2n) is 9.06. The molecule has 4 aromatic rings. The molecule has 0 fully saturated rings. The summed E-state index contributed by atoms with van der Waals surface area (Å²) >= 11 is 0. The number of nitrogens with zero attached hydrogens (tertiary/aromatic N) is 5. The van der Waals surface area contributed by atoms with Gasteiger partial charge in [-0.05, 0) is 58.4 Å². The molecule has 0 saturated heterocycles. The van der Waals surface area contributed by atoms with E-state index >= 15 is 0 Å². The molecule has 4 heterocycles. The van der Waals surface area contributed by atoms with Crippen LogP contribution in [0.3, 0.4) is 0 Å². The van der Waals surface area contributed by atoms with Crippen LogP contribution in [-0.2, 0) is 12.2 Å². The summed E-state index contributed by atoms with van der Waals surface area (Å²) in [5.74, 6) is 1.29. The molecule has 9 nitrogen and oxygen atoms in total. The van der Waals surface area contributed by atoms with Crippen molar-refractivity contribution in [3.05, 3.63) is 87.5 Å². The molecule has 9 heteroatoms. The Bertz CT molecular complexity index is 1470. The van der Waals surface area contributed by atoms with Crippen molar-refractivity contribution in [2.24, 2.45) is 0 Å². The Morgan fingerprint density at radius 2 is 1.83 bits per heavy atom. The van der Waals surface area contributed by atoms with Gasteiger partial charge in [0.15, 0.2) is 5.82 Å². The van der Waals surface area contributed by atoms with Crippen molar-refractivity contribution in [2.45, 2.75) is 46.8 Å². The summed E-state index contributed by atoms with van der Waals surface area (Å²) in [6.07, 6.45) is 3.30. The highest BCUT2D eigenvalue weighted by Gasteiger charge is 2.22. The van der Waals surface area contributed by atoms with Crippen LogP contribution in [0.25, 0.3) is 17.1 Å². The predicted octanol–water partition coefficient (Wildman–Crippen LogP) is 3.82. The van der Waals surface area contributed by atoms with Gasteiger partial charge in [-0.2, -0.15) is 0 Å². The molecule has 0 amide bonds. The first-order valence-corrected chi connectivity index (χ1v) is 11.5. The molecule has 0 aliphatic carbocycles. The maximum absolute atomic E-state index is 13.4. The lowest BCUT2D eigenvalue weighted by Gasteiger charge is -2.18. The third kappa shape index (κ3) is 5.11. The largest absolute Gasteiger partial charge is 0.487 e. The van der Waals surface area contributed by atoms with Gasteiger partial charge in [-0.3, -0.25) is 14.3 Å². The van der Waals surface area contributed by atoms with Crippen molar-refractivity contribution in [3.63, 3.8) is 0 Å². The number of pyridine rings is 3. The van der Waals surface area contributed by atoms with E-state index in [-0.39, 0.29) is 12.2 Å². The lowest BCUT2D eigenvalue weighted by Crippen LogP contribution is -2.24. The maximum Gasteiger partial charge on any atom is 0.261 e. The fourth-order valence-electron chi connectivity index (χ4n) is 3.75. The molecule has 0 aliphatic rings. The number of methoxy groups -OCH3 is 1. The Kier molecular flexibility index (Phi) is 6.85. The summed E-state index contributed by atoms with van der Waals surface area (Å²) in [7, 11) is 1.56. The van der Waals surface area contributed by atoms with Gasteiger partial charge in [-0.1, -0.05) is 6.07 Å². The number of aliphatic hydroxyl groups is 1. The fraction of sp³-hybridized carbons (Fsp3) is 0.296. The lowest BCUT2D eigenvalue weighted by atomic mass is 10.1. The average Bonchev–Trinajstić information content (AvgIpc) is 2.85. The molecule has 0 spiro atoms. The second kappa shape index (κ2) is 9.87. The standard InChI is InChI=1S/C27H29N5O4/c1-16-14-29-26(27(4,5)34)31-24(16)21-13-20(10-11-28-21)32-17(2)12-22(18(3)25(32)33)36-15-19-8-7-9-23(30-19)35-6/h7-14,34H,15H2,1-6H3. The van der Waals surface area contributed by atoms with Gasteiger partial charge in [0.25, 0.3) is 5.56 Å². The molecule has 0 unspecified atom stereocenters. The van der Waals surface area contributed by atoms with Crippen LogP contribution in [-0.4, -0.2) is 36.7 Å². The smallest absolute Gasteiger partial charge is 0.261 e. The highest BCUT2D eigenvalue weighted by molar-refractivity contribution is 5.61. The van der Waals surface area contributed by atoms with E-state index in [2.05, 4.69) is 19.9 Å². The lowest BCUT2D eigenvalue weighted by molar-refractivity contribution is 0.0688. The summed E-state index contributed by atoms with van der Waals surface area (Å²) < 4.78 is 12.7. The van der Waals surface area contributed by atoms with E-state index in [0.29, 0.717) is 51.5 Å². The van der Waals surface area contributed by atoms with Gasteiger partial charge in [0.2, 0.25) is 5.88 Å². The Balaban J connectivity index is 1.69. The molecule has 0 saturated carbocycles. The molecule has 0 aliphatic heterocycles. The number of hydrogen-bond acceptors (Lipinski definition) is 8. The van der Waals surface area contributed by atoms with Gasteiger partial charge >= 0.3 is 0 Å². The number of ether oxygens (including phenoxy) is 2. The van der Waals surface area contributed by atoms with Gasteiger partial charge in [0.05, 0.1) is 35.4 Å². The van der Waals surface area contributed by atoms with Crippen LogP contribution in [0, 0.1) is 20.8 Å². The minimum absolute atomic E-state index is 0.197. The molecular formula is C27H29N5O4. The Labute approximate surface area is 209 Å². The van der Waals surface area contributed by atoms with E-state index < -0.39 is 5.60 Å². The summed E-state index contributed by atoms with van der Waals surface area (Å²) in [5.41, 5.74) is 3.11. The molecule has 4 rings (SSSR count). The summed E-state index contributed by atoms with van der Waals surface area (Å²) in [6.45, 7) is 8.92. The molecule has 0 atom stereocenters. The fourth-order valence-corrected chi connectivity index (χ4v) is 3.75. The van der Waals surface area contributed by atoms with Gasteiger partial charge in [-0.25, -0.2) is 15.0 Å². The average molecular weight is 488 g/mol. The van der Waals surface area contributed by atoms with Crippen molar-refractivity contribution < 1.29 is 14.6 Å². The third-order valence-corrected chi connectivity index (χ3v) is 5.72. The van der Waals surface area contributed by atoms with E-state index in [0.717, 1.165) is 5.56 Å². The number of rotatable bonds is 7. The van der Waals surface area contributed by atoms with Crippen LogP contribution >= 0.6 is 0 Å². The second-order valence-corrected chi connectivity index (χ2v) is 9.06. The highest BCUT2D eigenvalue weighted by Crippen LogP contribution is 2.25. The highest BCUT2D eigenvalue weighted by atomic mass is 16.5. The molecule has 1 N–H and O–H groups in total. The maximum atomic E-state index is 13.4. The summed E-state index contributed by atoms with van der Waals surface area (Å²) in [5, 5.41) is 10.3.